The lowest BCUT2D eigenvalue weighted by Crippen LogP contribution is -2.46. The Hall–Kier alpha value is -0.850. The van der Waals surface area contributed by atoms with Crippen molar-refractivity contribution >= 4 is 6.09 Å². The molecule has 0 saturated carbocycles. The SMILES string of the molecule is COC(O)[C@H](CCCCN)NC(=O)OC(C)(C)C. The van der Waals surface area contributed by atoms with E-state index >= 15 is 0 Å². The summed E-state index contributed by atoms with van der Waals surface area (Å²) in [6.45, 7) is 5.93. The number of unbranched alkanes of at least 4 members (excludes halogenated alkanes) is 1. The first kappa shape index (κ1) is 17.2. The van der Waals surface area contributed by atoms with Gasteiger partial charge in [0.1, 0.15) is 5.60 Å². The van der Waals surface area contributed by atoms with E-state index in [0.29, 0.717) is 13.0 Å². The van der Waals surface area contributed by atoms with Crippen LogP contribution in [0, 0.1) is 0 Å². The molecule has 0 saturated heterocycles. The monoisotopic (exact) mass is 262 g/mol. The molecule has 0 aromatic rings. The van der Waals surface area contributed by atoms with Gasteiger partial charge in [-0.05, 0) is 46.6 Å². The van der Waals surface area contributed by atoms with Crippen LogP contribution in [-0.4, -0.2) is 42.8 Å². The molecule has 0 rings (SSSR count). The highest BCUT2D eigenvalue weighted by molar-refractivity contribution is 5.68. The van der Waals surface area contributed by atoms with Crippen LogP contribution >= 0.6 is 0 Å². The fourth-order valence-corrected chi connectivity index (χ4v) is 1.42. The van der Waals surface area contributed by atoms with E-state index in [4.69, 9.17) is 15.2 Å². The van der Waals surface area contributed by atoms with Crippen LogP contribution in [-0.2, 0) is 9.47 Å². The molecule has 4 N–H and O–H groups in total. The quantitative estimate of drug-likeness (QED) is 0.469. The molecule has 1 amide bonds. The normalized spacial score (nSPS) is 15.0. The van der Waals surface area contributed by atoms with Crippen molar-refractivity contribution < 1.29 is 19.4 Å². The number of hydrogen-bond acceptors (Lipinski definition) is 5. The number of amides is 1. The molecular weight excluding hydrogens is 236 g/mol. The van der Waals surface area contributed by atoms with E-state index in [1.165, 1.54) is 7.11 Å². The minimum atomic E-state index is -1.05. The van der Waals surface area contributed by atoms with Crippen LogP contribution in [0.4, 0.5) is 4.79 Å². The van der Waals surface area contributed by atoms with Crippen LogP contribution in [0.2, 0.25) is 0 Å². The molecule has 0 heterocycles. The van der Waals surface area contributed by atoms with Gasteiger partial charge in [0.2, 0.25) is 0 Å². The summed E-state index contributed by atoms with van der Waals surface area (Å²) in [5.41, 5.74) is 4.84. The van der Waals surface area contributed by atoms with Crippen molar-refractivity contribution in [3.63, 3.8) is 0 Å². The molecule has 6 heteroatoms. The second kappa shape index (κ2) is 8.29. The van der Waals surface area contributed by atoms with Crippen molar-refractivity contribution in [1.82, 2.24) is 5.32 Å². The van der Waals surface area contributed by atoms with Gasteiger partial charge < -0.3 is 25.6 Å². The number of nitrogens with one attached hydrogen (secondary N) is 1. The van der Waals surface area contributed by atoms with Gasteiger partial charge in [0, 0.05) is 7.11 Å². The Labute approximate surface area is 109 Å². The van der Waals surface area contributed by atoms with Crippen LogP contribution in [0.25, 0.3) is 0 Å². The topological polar surface area (TPSA) is 93.8 Å². The van der Waals surface area contributed by atoms with E-state index in [0.717, 1.165) is 12.8 Å². The smallest absolute Gasteiger partial charge is 0.408 e. The molecule has 1 unspecified atom stereocenters. The highest BCUT2D eigenvalue weighted by Gasteiger charge is 2.23. The van der Waals surface area contributed by atoms with Gasteiger partial charge in [-0.1, -0.05) is 0 Å². The lowest BCUT2D eigenvalue weighted by molar-refractivity contribution is -0.0987. The summed E-state index contributed by atoms with van der Waals surface area (Å²) in [6, 6.07) is -0.489. The van der Waals surface area contributed by atoms with Crippen LogP contribution < -0.4 is 11.1 Å². The van der Waals surface area contributed by atoms with Gasteiger partial charge in [-0.25, -0.2) is 4.79 Å². The molecule has 0 aromatic carbocycles. The summed E-state index contributed by atoms with van der Waals surface area (Å²) < 4.78 is 9.96. The zero-order valence-corrected chi connectivity index (χ0v) is 11.7. The lowest BCUT2D eigenvalue weighted by atomic mass is 10.1. The fraction of sp³-hybridized carbons (Fsp3) is 0.917. The molecule has 0 fully saturated rings. The van der Waals surface area contributed by atoms with Crippen molar-refractivity contribution in [2.24, 2.45) is 5.73 Å². The number of rotatable bonds is 7. The summed E-state index contributed by atoms with van der Waals surface area (Å²) in [6.07, 6.45) is 0.623. The Balaban J connectivity index is 4.26. The third kappa shape index (κ3) is 8.27. The highest BCUT2D eigenvalue weighted by atomic mass is 16.6. The number of aliphatic hydroxyl groups is 1. The highest BCUT2D eigenvalue weighted by Crippen LogP contribution is 2.10. The molecule has 0 aliphatic carbocycles. The van der Waals surface area contributed by atoms with Gasteiger partial charge in [0.15, 0.2) is 6.29 Å². The maximum atomic E-state index is 11.6. The zero-order valence-electron chi connectivity index (χ0n) is 11.7. The molecule has 18 heavy (non-hydrogen) atoms. The molecule has 2 atom stereocenters. The molecule has 0 spiro atoms. The van der Waals surface area contributed by atoms with Gasteiger partial charge in [-0.15, -0.1) is 0 Å². The van der Waals surface area contributed by atoms with Gasteiger partial charge >= 0.3 is 6.09 Å². The average molecular weight is 262 g/mol. The number of nitrogens with two attached hydrogens (primary N) is 1. The van der Waals surface area contributed by atoms with Gasteiger partial charge in [0.05, 0.1) is 6.04 Å². The first-order chi connectivity index (χ1) is 8.30. The largest absolute Gasteiger partial charge is 0.444 e. The molecular formula is C12H26N2O4. The van der Waals surface area contributed by atoms with Crippen molar-refractivity contribution in [3.8, 4) is 0 Å². The molecule has 0 radical (unpaired) electrons. The Bertz CT molecular complexity index is 241. The summed E-state index contributed by atoms with van der Waals surface area (Å²) in [4.78, 5) is 11.6. The summed E-state index contributed by atoms with van der Waals surface area (Å²) in [5.74, 6) is 0. The second-order valence-electron chi connectivity index (χ2n) is 5.16. The second-order valence-corrected chi connectivity index (χ2v) is 5.16. The average Bonchev–Trinajstić information content (AvgIpc) is 2.24. The van der Waals surface area contributed by atoms with Crippen LogP contribution in [0.3, 0.4) is 0 Å². The van der Waals surface area contributed by atoms with E-state index in [9.17, 15) is 9.90 Å². The predicted octanol–water partition coefficient (Wildman–Crippen LogP) is 0.973. The Morgan fingerprint density at radius 2 is 2.00 bits per heavy atom. The minimum Gasteiger partial charge on any atom is -0.444 e. The van der Waals surface area contributed by atoms with Crippen LogP contribution in [0.15, 0.2) is 0 Å². The van der Waals surface area contributed by atoms with Crippen LogP contribution in [0.1, 0.15) is 40.0 Å². The molecule has 0 bridgehead atoms. The number of aliphatic hydroxyl groups excluding tert-OH is 1. The first-order valence-corrected chi connectivity index (χ1v) is 6.20. The van der Waals surface area contributed by atoms with Crippen LogP contribution in [0.5, 0.6) is 0 Å². The number of carbonyl (C=O) groups is 1. The third-order valence-electron chi connectivity index (χ3n) is 2.26. The standard InChI is InChI=1S/C12H26N2O4/c1-12(2,3)18-11(16)14-9(10(15)17-4)7-5-6-8-13/h9-10,15H,5-8,13H2,1-4H3,(H,14,16)/t9-,10?/m0/s1. The predicted molar refractivity (Wildman–Crippen MR) is 69.1 cm³/mol. The Morgan fingerprint density at radius 3 is 2.44 bits per heavy atom. The van der Waals surface area contributed by atoms with Crippen molar-refractivity contribution in [1.29, 1.82) is 0 Å². The Morgan fingerprint density at radius 1 is 1.39 bits per heavy atom. The molecule has 0 aliphatic rings. The van der Waals surface area contributed by atoms with E-state index in [2.05, 4.69) is 5.32 Å². The van der Waals surface area contributed by atoms with Crippen molar-refractivity contribution in [2.75, 3.05) is 13.7 Å². The zero-order chi connectivity index (χ0) is 14.2. The molecule has 108 valence electrons. The maximum absolute atomic E-state index is 11.6. The number of methoxy groups -OCH3 is 1. The maximum Gasteiger partial charge on any atom is 0.408 e. The summed E-state index contributed by atoms with van der Waals surface area (Å²) in [5, 5.41) is 12.2. The molecule has 0 aliphatic heterocycles. The van der Waals surface area contributed by atoms with Gasteiger partial charge in [0.25, 0.3) is 0 Å². The van der Waals surface area contributed by atoms with E-state index < -0.39 is 24.0 Å². The summed E-state index contributed by atoms with van der Waals surface area (Å²) in [7, 11) is 1.39. The first-order valence-electron chi connectivity index (χ1n) is 6.20. The number of ether oxygens (including phenoxy) is 2. The third-order valence-corrected chi connectivity index (χ3v) is 2.26. The van der Waals surface area contributed by atoms with Crippen molar-refractivity contribution in [3.05, 3.63) is 0 Å². The van der Waals surface area contributed by atoms with Gasteiger partial charge in [-0.3, -0.25) is 0 Å². The molecule has 0 aromatic heterocycles. The fourth-order valence-electron chi connectivity index (χ4n) is 1.42. The minimum absolute atomic E-state index is 0.489. The number of hydrogen-bond donors (Lipinski definition) is 3. The molecule has 6 nitrogen and oxygen atoms in total. The van der Waals surface area contributed by atoms with E-state index in [1.54, 1.807) is 20.8 Å². The van der Waals surface area contributed by atoms with Crippen molar-refractivity contribution in [2.45, 2.75) is 58.0 Å². The summed E-state index contributed by atoms with van der Waals surface area (Å²) >= 11 is 0. The number of alkyl carbamates (subject to hydrolysis) is 1. The lowest BCUT2D eigenvalue weighted by Gasteiger charge is -2.25. The number of carbonyl (C=O) groups excluding carboxylic acids is 1. The van der Waals surface area contributed by atoms with E-state index in [-0.39, 0.29) is 0 Å². The van der Waals surface area contributed by atoms with Gasteiger partial charge in [-0.2, -0.15) is 0 Å². The van der Waals surface area contributed by atoms with E-state index in [1.807, 2.05) is 0 Å². The Kier molecular flexibility index (Phi) is 7.90.